The van der Waals surface area contributed by atoms with E-state index in [-0.39, 0.29) is 5.91 Å². The Labute approximate surface area is 116 Å². The molecule has 1 amide bonds. The van der Waals surface area contributed by atoms with Crippen LogP contribution in [0.25, 0.3) is 10.9 Å². The van der Waals surface area contributed by atoms with Crippen molar-refractivity contribution in [3.8, 4) is 0 Å². The van der Waals surface area contributed by atoms with E-state index in [2.05, 4.69) is 22.4 Å². The molecule has 1 heterocycles. The van der Waals surface area contributed by atoms with E-state index < -0.39 is 0 Å². The summed E-state index contributed by atoms with van der Waals surface area (Å²) in [7, 11) is 0. The second kappa shape index (κ2) is 5.17. The summed E-state index contributed by atoms with van der Waals surface area (Å²) >= 11 is 0. The monoisotopic (exact) mass is 265 g/mol. The number of hydrogen-bond donors (Lipinski definition) is 2. The highest BCUT2D eigenvalue weighted by molar-refractivity contribution is 6.11. The summed E-state index contributed by atoms with van der Waals surface area (Å²) in [6, 6.07) is 13.5. The Hall–Kier alpha value is -2.62. The number of anilines is 1. The van der Waals surface area contributed by atoms with Crippen LogP contribution in [0.2, 0.25) is 0 Å². The molecule has 0 aliphatic carbocycles. The van der Waals surface area contributed by atoms with Crippen LogP contribution >= 0.6 is 0 Å². The van der Waals surface area contributed by atoms with Gasteiger partial charge in [-0.3, -0.25) is 9.89 Å². The maximum Gasteiger partial charge on any atom is 0.257 e. The van der Waals surface area contributed by atoms with E-state index in [4.69, 9.17) is 0 Å². The van der Waals surface area contributed by atoms with Crippen LogP contribution in [-0.4, -0.2) is 16.1 Å². The smallest absolute Gasteiger partial charge is 0.257 e. The number of aryl methyl sites for hydroxylation is 1. The number of aromatic nitrogens is 2. The molecule has 3 aromatic rings. The number of carbonyl (C=O) groups excluding carboxylic acids is 1. The molecule has 0 spiro atoms. The van der Waals surface area contributed by atoms with E-state index in [1.165, 1.54) is 5.56 Å². The van der Waals surface area contributed by atoms with Crippen molar-refractivity contribution in [3.63, 3.8) is 0 Å². The molecule has 0 bridgehead atoms. The molecule has 0 saturated carbocycles. The van der Waals surface area contributed by atoms with Crippen molar-refractivity contribution >= 4 is 22.5 Å². The summed E-state index contributed by atoms with van der Waals surface area (Å²) in [6.07, 6.45) is 2.66. The summed E-state index contributed by atoms with van der Waals surface area (Å²) in [6.45, 7) is 2.09. The Morgan fingerprint density at radius 2 is 2.10 bits per heavy atom. The summed E-state index contributed by atoms with van der Waals surface area (Å²) in [4.78, 5) is 12.4. The van der Waals surface area contributed by atoms with Crippen molar-refractivity contribution in [3.05, 3.63) is 59.8 Å². The highest BCUT2D eigenvalue weighted by atomic mass is 16.1. The third kappa shape index (κ3) is 2.28. The van der Waals surface area contributed by atoms with Gasteiger partial charge >= 0.3 is 0 Å². The molecular weight excluding hydrogens is 250 g/mol. The molecule has 100 valence electrons. The Balaban J connectivity index is 1.91. The van der Waals surface area contributed by atoms with E-state index in [1.54, 1.807) is 12.3 Å². The van der Waals surface area contributed by atoms with Gasteiger partial charge in [0.15, 0.2) is 0 Å². The number of hydrogen-bond acceptors (Lipinski definition) is 2. The van der Waals surface area contributed by atoms with Gasteiger partial charge in [0.2, 0.25) is 0 Å². The number of aromatic amines is 1. The van der Waals surface area contributed by atoms with Crippen molar-refractivity contribution in [2.24, 2.45) is 0 Å². The van der Waals surface area contributed by atoms with Gasteiger partial charge in [-0.2, -0.15) is 5.10 Å². The molecule has 0 unspecified atom stereocenters. The lowest BCUT2D eigenvalue weighted by Crippen LogP contribution is -2.12. The lowest BCUT2D eigenvalue weighted by molar-refractivity contribution is 0.102. The second-order valence-corrected chi connectivity index (χ2v) is 4.65. The number of carbonyl (C=O) groups is 1. The van der Waals surface area contributed by atoms with Gasteiger partial charge in [-0.25, -0.2) is 0 Å². The maximum atomic E-state index is 12.4. The predicted molar refractivity (Wildman–Crippen MR) is 79.9 cm³/mol. The minimum atomic E-state index is -0.131. The average molecular weight is 265 g/mol. The normalized spacial score (nSPS) is 10.7. The average Bonchev–Trinajstić information content (AvgIpc) is 2.95. The Bertz CT molecular complexity index is 761. The number of fused-ring (bicyclic) bond motifs is 1. The number of H-pyrrole nitrogens is 1. The zero-order valence-corrected chi connectivity index (χ0v) is 11.2. The van der Waals surface area contributed by atoms with E-state index in [0.717, 1.165) is 23.0 Å². The first-order valence-corrected chi connectivity index (χ1v) is 6.60. The van der Waals surface area contributed by atoms with Crippen LogP contribution < -0.4 is 5.32 Å². The van der Waals surface area contributed by atoms with Crippen LogP contribution in [0.4, 0.5) is 5.69 Å². The quantitative estimate of drug-likeness (QED) is 0.762. The largest absolute Gasteiger partial charge is 0.322 e. The first-order valence-electron chi connectivity index (χ1n) is 6.60. The molecule has 20 heavy (non-hydrogen) atoms. The molecule has 4 heteroatoms. The first-order chi connectivity index (χ1) is 9.78. The molecule has 0 fully saturated rings. The van der Waals surface area contributed by atoms with Gasteiger partial charge in [-0.1, -0.05) is 31.2 Å². The molecule has 0 saturated heterocycles. The molecule has 3 rings (SSSR count). The molecular formula is C16H15N3O. The van der Waals surface area contributed by atoms with Crippen LogP contribution in [0.15, 0.2) is 48.7 Å². The van der Waals surface area contributed by atoms with Crippen LogP contribution in [0.3, 0.4) is 0 Å². The van der Waals surface area contributed by atoms with Crippen molar-refractivity contribution < 1.29 is 4.79 Å². The van der Waals surface area contributed by atoms with E-state index in [1.807, 2.05) is 36.4 Å². The van der Waals surface area contributed by atoms with Gasteiger partial charge in [0.25, 0.3) is 5.91 Å². The fraction of sp³-hybridized carbons (Fsp3) is 0.125. The van der Waals surface area contributed by atoms with Crippen molar-refractivity contribution in [1.29, 1.82) is 0 Å². The lowest BCUT2D eigenvalue weighted by atomic mass is 10.1. The highest BCUT2D eigenvalue weighted by Crippen LogP contribution is 2.18. The zero-order valence-electron chi connectivity index (χ0n) is 11.2. The lowest BCUT2D eigenvalue weighted by Gasteiger charge is -2.07. The van der Waals surface area contributed by atoms with Crippen molar-refractivity contribution in [2.45, 2.75) is 13.3 Å². The number of nitrogens with zero attached hydrogens (tertiary/aromatic N) is 1. The Kier molecular flexibility index (Phi) is 3.21. The molecule has 1 aromatic heterocycles. The topological polar surface area (TPSA) is 57.8 Å². The number of para-hydroxylation sites is 1. The van der Waals surface area contributed by atoms with Gasteiger partial charge in [-0.05, 0) is 30.2 Å². The fourth-order valence-electron chi connectivity index (χ4n) is 2.23. The van der Waals surface area contributed by atoms with Gasteiger partial charge < -0.3 is 5.32 Å². The van der Waals surface area contributed by atoms with Crippen molar-refractivity contribution in [2.75, 3.05) is 5.32 Å². The van der Waals surface area contributed by atoms with Crippen LogP contribution in [0.1, 0.15) is 22.8 Å². The van der Waals surface area contributed by atoms with E-state index >= 15 is 0 Å². The van der Waals surface area contributed by atoms with E-state index in [9.17, 15) is 4.79 Å². The summed E-state index contributed by atoms with van der Waals surface area (Å²) in [5, 5.41) is 10.7. The maximum absolute atomic E-state index is 12.4. The van der Waals surface area contributed by atoms with Crippen LogP contribution in [0, 0.1) is 0 Å². The van der Waals surface area contributed by atoms with Crippen LogP contribution in [-0.2, 0) is 6.42 Å². The minimum Gasteiger partial charge on any atom is -0.322 e. The van der Waals surface area contributed by atoms with Gasteiger partial charge in [-0.15, -0.1) is 0 Å². The predicted octanol–water partition coefficient (Wildman–Crippen LogP) is 3.38. The van der Waals surface area contributed by atoms with E-state index in [0.29, 0.717) is 5.56 Å². The molecule has 4 nitrogen and oxygen atoms in total. The SMILES string of the molecule is CCc1cccc(NC(=O)c2cccc3cn[nH]c23)c1. The second-order valence-electron chi connectivity index (χ2n) is 4.65. The molecule has 0 atom stereocenters. The molecule has 2 aromatic carbocycles. The number of rotatable bonds is 3. The van der Waals surface area contributed by atoms with Crippen LogP contribution in [0.5, 0.6) is 0 Å². The summed E-state index contributed by atoms with van der Waals surface area (Å²) in [5.74, 6) is -0.131. The van der Waals surface area contributed by atoms with Gasteiger partial charge in [0, 0.05) is 11.1 Å². The van der Waals surface area contributed by atoms with Gasteiger partial charge in [0.05, 0.1) is 17.3 Å². The highest BCUT2D eigenvalue weighted by Gasteiger charge is 2.11. The summed E-state index contributed by atoms with van der Waals surface area (Å²) < 4.78 is 0. The number of benzene rings is 2. The minimum absolute atomic E-state index is 0.131. The fourth-order valence-corrected chi connectivity index (χ4v) is 2.23. The third-order valence-corrected chi connectivity index (χ3v) is 3.31. The third-order valence-electron chi connectivity index (χ3n) is 3.31. The summed E-state index contributed by atoms with van der Waals surface area (Å²) in [5.41, 5.74) is 3.37. The molecule has 0 aliphatic heterocycles. The zero-order chi connectivity index (χ0) is 13.9. The first kappa shape index (κ1) is 12.4. The molecule has 0 aliphatic rings. The molecule has 0 radical (unpaired) electrons. The molecule has 2 N–H and O–H groups in total. The number of nitrogens with one attached hydrogen (secondary N) is 2. The van der Waals surface area contributed by atoms with Crippen molar-refractivity contribution in [1.82, 2.24) is 10.2 Å². The van der Waals surface area contributed by atoms with Gasteiger partial charge in [0.1, 0.15) is 0 Å². The standard InChI is InChI=1S/C16H15N3O/c1-2-11-5-3-7-13(9-11)18-16(20)14-8-4-6-12-10-17-19-15(12)14/h3-10H,2H2,1H3,(H,17,19)(H,18,20). The number of amides is 1. The Morgan fingerprint density at radius 1 is 1.25 bits per heavy atom. The Morgan fingerprint density at radius 3 is 2.95 bits per heavy atom.